The van der Waals surface area contributed by atoms with Crippen molar-refractivity contribution in [3.63, 3.8) is 0 Å². The summed E-state index contributed by atoms with van der Waals surface area (Å²) in [7, 11) is 0. The van der Waals surface area contributed by atoms with Crippen molar-refractivity contribution in [2.24, 2.45) is 0 Å². The van der Waals surface area contributed by atoms with Crippen LogP contribution in [0.4, 0.5) is 13.2 Å². The van der Waals surface area contributed by atoms with Crippen LogP contribution in [0, 0.1) is 0 Å². The highest BCUT2D eigenvalue weighted by atomic mass is 32.1. The van der Waals surface area contributed by atoms with Gasteiger partial charge in [-0.2, -0.15) is 13.2 Å². The van der Waals surface area contributed by atoms with Crippen molar-refractivity contribution in [3.8, 4) is 11.1 Å². The van der Waals surface area contributed by atoms with E-state index < -0.39 is 11.7 Å². The Morgan fingerprint density at radius 3 is 2.53 bits per heavy atom. The molecule has 0 saturated carbocycles. The van der Waals surface area contributed by atoms with Crippen LogP contribution < -0.4 is 5.56 Å². The molecule has 0 fully saturated rings. The Labute approximate surface area is 173 Å². The predicted octanol–water partition coefficient (Wildman–Crippen LogP) is 6.09. The summed E-state index contributed by atoms with van der Waals surface area (Å²) in [4.78, 5) is 18.5. The van der Waals surface area contributed by atoms with E-state index in [9.17, 15) is 18.0 Å². The third-order valence-corrected chi connectivity index (χ3v) is 6.14. The van der Waals surface area contributed by atoms with Gasteiger partial charge < -0.3 is 0 Å². The van der Waals surface area contributed by atoms with E-state index in [0.29, 0.717) is 34.6 Å². The van der Waals surface area contributed by atoms with E-state index in [1.807, 2.05) is 35.7 Å². The van der Waals surface area contributed by atoms with E-state index in [-0.39, 0.29) is 11.1 Å². The Hall–Kier alpha value is -3.19. The third-order valence-electron chi connectivity index (χ3n) is 5.27. The Morgan fingerprint density at radius 1 is 1.03 bits per heavy atom. The summed E-state index contributed by atoms with van der Waals surface area (Å²) in [5.74, 6) is 0.450. The first-order valence-corrected chi connectivity index (χ1v) is 10.3. The highest BCUT2D eigenvalue weighted by Crippen LogP contribution is 2.37. The fraction of sp³-hybridized carbons (Fsp3) is 0.130. The van der Waals surface area contributed by atoms with Gasteiger partial charge in [0, 0.05) is 17.5 Å². The standard InChI is InChI=1S/C23H15F3N2OS/c24-23(25,26)18-9-5-4-8-15(18)12-16-10-11-28-20(16)27-21-19(22(28)29)17(13-30-21)14-6-2-1-3-7-14/h1-9,12-13H,10-11H2. The van der Waals surface area contributed by atoms with Gasteiger partial charge in [0.25, 0.3) is 5.56 Å². The van der Waals surface area contributed by atoms with Gasteiger partial charge in [0.15, 0.2) is 0 Å². The number of benzene rings is 2. The van der Waals surface area contributed by atoms with Crippen molar-refractivity contribution in [3.05, 3.63) is 87.3 Å². The molecule has 7 heteroatoms. The van der Waals surface area contributed by atoms with Crippen molar-refractivity contribution in [1.82, 2.24) is 9.55 Å². The molecule has 0 amide bonds. The number of halogens is 3. The number of fused-ring (bicyclic) bond motifs is 2. The van der Waals surface area contributed by atoms with E-state index in [1.54, 1.807) is 10.6 Å². The number of rotatable bonds is 2. The fourth-order valence-electron chi connectivity index (χ4n) is 3.86. The van der Waals surface area contributed by atoms with Crippen molar-refractivity contribution < 1.29 is 13.2 Å². The number of nitrogens with zero attached hydrogens (tertiary/aromatic N) is 2. The minimum atomic E-state index is -4.44. The van der Waals surface area contributed by atoms with Gasteiger partial charge in [0.1, 0.15) is 10.7 Å². The molecular formula is C23H15F3N2OS. The van der Waals surface area contributed by atoms with Crippen LogP contribution in [-0.2, 0) is 12.7 Å². The van der Waals surface area contributed by atoms with Gasteiger partial charge in [-0.05, 0) is 35.3 Å². The Balaban J connectivity index is 1.66. The molecule has 4 aromatic rings. The fourth-order valence-corrected chi connectivity index (χ4v) is 4.79. The van der Waals surface area contributed by atoms with Gasteiger partial charge in [-0.15, -0.1) is 11.3 Å². The van der Waals surface area contributed by atoms with Crippen LogP contribution in [0.3, 0.4) is 0 Å². The van der Waals surface area contributed by atoms with E-state index in [0.717, 1.165) is 17.2 Å². The van der Waals surface area contributed by atoms with E-state index in [2.05, 4.69) is 4.98 Å². The smallest absolute Gasteiger partial charge is 0.292 e. The van der Waals surface area contributed by atoms with Crippen LogP contribution in [0.1, 0.15) is 23.4 Å². The lowest BCUT2D eigenvalue weighted by Crippen LogP contribution is -2.20. The topological polar surface area (TPSA) is 34.9 Å². The molecule has 1 aliphatic rings. The summed E-state index contributed by atoms with van der Waals surface area (Å²) in [5, 5.41) is 2.47. The maximum absolute atomic E-state index is 13.4. The second kappa shape index (κ2) is 6.95. The molecule has 1 aliphatic heterocycles. The molecule has 30 heavy (non-hydrogen) atoms. The molecule has 0 N–H and O–H groups in total. The number of alkyl halides is 3. The van der Waals surface area contributed by atoms with Crippen LogP contribution in [-0.4, -0.2) is 9.55 Å². The summed E-state index contributed by atoms with van der Waals surface area (Å²) in [6.07, 6.45) is -2.47. The second-order valence-electron chi connectivity index (χ2n) is 7.09. The maximum atomic E-state index is 13.4. The zero-order valence-electron chi connectivity index (χ0n) is 15.6. The van der Waals surface area contributed by atoms with Crippen LogP contribution in [0.15, 0.2) is 64.8 Å². The molecular weight excluding hydrogens is 409 g/mol. The summed E-state index contributed by atoms with van der Waals surface area (Å²) in [5.41, 5.74) is 1.66. The quantitative estimate of drug-likeness (QED) is 0.390. The average molecular weight is 424 g/mol. The molecule has 0 bridgehead atoms. The van der Waals surface area contributed by atoms with Crippen LogP contribution >= 0.6 is 11.3 Å². The normalized spacial score (nSPS) is 15.1. The molecule has 0 unspecified atom stereocenters. The zero-order valence-corrected chi connectivity index (χ0v) is 16.4. The van der Waals surface area contributed by atoms with E-state index in [4.69, 9.17) is 0 Å². The summed E-state index contributed by atoms with van der Waals surface area (Å²) in [6.45, 7) is 0.404. The summed E-state index contributed by atoms with van der Waals surface area (Å²) in [6, 6.07) is 15.1. The number of aromatic nitrogens is 2. The van der Waals surface area contributed by atoms with Gasteiger partial charge in [0.2, 0.25) is 0 Å². The number of thiophene rings is 1. The molecule has 5 rings (SSSR count). The van der Waals surface area contributed by atoms with Crippen LogP contribution in [0.2, 0.25) is 0 Å². The van der Waals surface area contributed by atoms with Crippen LogP contribution in [0.25, 0.3) is 33.0 Å². The molecule has 2 aromatic carbocycles. The van der Waals surface area contributed by atoms with Crippen molar-refractivity contribution in [1.29, 1.82) is 0 Å². The Kier molecular flexibility index (Phi) is 4.36. The average Bonchev–Trinajstić information content (AvgIpc) is 3.34. The van der Waals surface area contributed by atoms with Crippen molar-refractivity contribution in [2.75, 3.05) is 0 Å². The van der Waals surface area contributed by atoms with Crippen LogP contribution in [0.5, 0.6) is 0 Å². The summed E-state index contributed by atoms with van der Waals surface area (Å²) >= 11 is 1.37. The minimum Gasteiger partial charge on any atom is -0.292 e. The van der Waals surface area contributed by atoms with Gasteiger partial charge in [-0.25, -0.2) is 4.98 Å². The van der Waals surface area contributed by atoms with Gasteiger partial charge >= 0.3 is 6.18 Å². The molecule has 0 saturated heterocycles. The SMILES string of the molecule is O=c1c2c(-c3ccccc3)csc2nc2n1CCC2=Cc1ccccc1C(F)(F)F. The zero-order chi connectivity index (χ0) is 20.9. The molecule has 2 aromatic heterocycles. The number of hydrogen-bond donors (Lipinski definition) is 0. The van der Waals surface area contributed by atoms with Crippen molar-refractivity contribution in [2.45, 2.75) is 19.1 Å². The lowest BCUT2D eigenvalue weighted by Gasteiger charge is -2.10. The molecule has 0 atom stereocenters. The maximum Gasteiger partial charge on any atom is 0.416 e. The van der Waals surface area contributed by atoms with Gasteiger partial charge in [0.05, 0.1) is 10.9 Å². The lowest BCUT2D eigenvalue weighted by atomic mass is 10.0. The predicted molar refractivity (Wildman–Crippen MR) is 113 cm³/mol. The largest absolute Gasteiger partial charge is 0.416 e. The molecule has 150 valence electrons. The molecule has 3 heterocycles. The lowest BCUT2D eigenvalue weighted by molar-refractivity contribution is -0.137. The first-order chi connectivity index (χ1) is 14.4. The number of allylic oxidation sites excluding steroid dienone is 1. The molecule has 0 radical (unpaired) electrons. The minimum absolute atomic E-state index is 0.0824. The highest BCUT2D eigenvalue weighted by Gasteiger charge is 2.33. The first kappa shape index (κ1) is 18.8. The first-order valence-electron chi connectivity index (χ1n) is 9.38. The monoisotopic (exact) mass is 424 g/mol. The van der Waals surface area contributed by atoms with Gasteiger partial charge in [-0.1, -0.05) is 48.5 Å². The van der Waals surface area contributed by atoms with E-state index >= 15 is 0 Å². The number of hydrogen-bond acceptors (Lipinski definition) is 3. The Bertz CT molecular complexity index is 1350. The summed E-state index contributed by atoms with van der Waals surface area (Å²) < 4.78 is 41.6. The molecule has 0 aliphatic carbocycles. The van der Waals surface area contributed by atoms with Crippen molar-refractivity contribution >= 4 is 33.2 Å². The molecule has 3 nitrogen and oxygen atoms in total. The highest BCUT2D eigenvalue weighted by molar-refractivity contribution is 7.17. The third kappa shape index (κ3) is 3.06. The Morgan fingerprint density at radius 2 is 1.77 bits per heavy atom. The van der Waals surface area contributed by atoms with E-state index in [1.165, 1.54) is 29.5 Å². The second-order valence-corrected chi connectivity index (χ2v) is 7.95. The van der Waals surface area contributed by atoms with Gasteiger partial charge in [-0.3, -0.25) is 9.36 Å². The molecule has 0 spiro atoms.